The standard InChI is InChI=1S/C13H14N4/c14-11-2-3-12-10(8-11)4-7-17(12)9-13-15-5-1-6-16-13/h1-3,5-6,8H,4,7,9,14H2. The zero-order valence-corrected chi connectivity index (χ0v) is 9.50. The average Bonchev–Trinajstić information content (AvgIpc) is 2.73. The van der Waals surface area contributed by atoms with Crippen LogP contribution < -0.4 is 10.6 Å². The maximum atomic E-state index is 5.79. The summed E-state index contributed by atoms with van der Waals surface area (Å²) in [5.41, 5.74) is 9.20. The largest absolute Gasteiger partial charge is 0.399 e. The molecule has 0 fully saturated rings. The Morgan fingerprint density at radius 3 is 2.88 bits per heavy atom. The van der Waals surface area contributed by atoms with Crippen molar-refractivity contribution in [2.45, 2.75) is 13.0 Å². The Morgan fingerprint density at radius 2 is 2.06 bits per heavy atom. The van der Waals surface area contributed by atoms with Crippen molar-refractivity contribution in [1.29, 1.82) is 0 Å². The third-order valence-electron chi connectivity index (χ3n) is 3.05. The second kappa shape index (κ2) is 4.05. The van der Waals surface area contributed by atoms with Crippen LogP contribution in [0.1, 0.15) is 11.4 Å². The van der Waals surface area contributed by atoms with Crippen LogP contribution in [-0.4, -0.2) is 16.5 Å². The number of aromatic nitrogens is 2. The molecule has 1 aliphatic rings. The molecule has 4 nitrogen and oxygen atoms in total. The molecule has 86 valence electrons. The number of anilines is 2. The molecule has 2 aromatic rings. The highest BCUT2D eigenvalue weighted by Gasteiger charge is 2.19. The molecule has 1 aromatic heterocycles. The van der Waals surface area contributed by atoms with Crippen LogP contribution in [0.4, 0.5) is 11.4 Å². The highest BCUT2D eigenvalue weighted by atomic mass is 15.2. The van der Waals surface area contributed by atoms with E-state index in [0.29, 0.717) is 0 Å². The number of hydrogen-bond donors (Lipinski definition) is 1. The number of nitrogens with two attached hydrogens (primary N) is 1. The summed E-state index contributed by atoms with van der Waals surface area (Å²) in [6.45, 7) is 1.77. The number of nitrogen functional groups attached to an aromatic ring is 1. The highest BCUT2D eigenvalue weighted by molar-refractivity contribution is 5.62. The Morgan fingerprint density at radius 1 is 1.24 bits per heavy atom. The SMILES string of the molecule is Nc1ccc2c(c1)CCN2Cc1ncccn1. The van der Waals surface area contributed by atoms with Crippen LogP contribution in [0, 0.1) is 0 Å². The summed E-state index contributed by atoms with van der Waals surface area (Å²) in [5.74, 6) is 0.858. The zero-order chi connectivity index (χ0) is 11.7. The van der Waals surface area contributed by atoms with E-state index in [1.165, 1.54) is 11.3 Å². The van der Waals surface area contributed by atoms with Crippen molar-refractivity contribution in [3.8, 4) is 0 Å². The van der Waals surface area contributed by atoms with Crippen LogP contribution in [0.15, 0.2) is 36.7 Å². The van der Waals surface area contributed by atoms with E-state index in [-0.39, 0.29) is 0 Å². The van der Waals surface area contributed by atoms with Gasteiger partial charge in [0.25, 0.3) is 0 Å². The quantitative estimate of drug-likeness (QED) is 0.791. The van der Waals surface area contributed by atoms with Crippen LogP contribution in [0.2, 0.25) is 0 Å². The van der Waals surface area contributed by atoms with Gasteiger partial charge in [-0.05, 0) is 36.2 Å². The van der Waals surface area contributed by atoms with Gasteiger partial charge < -0.3 is 10.6 Å². The van der Waals surface area contributed by atoms with E-state index < -0.39 is 0 Å². The van der Waals surface area contributed by atoms with Crippen molar-refractivity contribution in [3.63, 3.8) is 0 Å². The lowest BCUT2D eigenvalue weighted by molar-refractivity contribution is 0.785. The van der Waals surface area contributed by atoms with Gasteiger partial charge in [0.15, 0.2) is 0 Å². The molecular weight excluding hydrogens is 212 g/mol. The lowest BCUT2D eigenvalue weighted by Crippen LogP contribution is -2.21. The topological polar surface area (TPSA) is 55.0 Å². The lowest BCUT2D eigenvalue weighted by Gasteiger charge is -2.18. The molecule has 17 heavy (non-hydrogen) atoms. The summed E-state index contributed by atoms with van der Waals surface area (Å²) in [5, 5.41) is 0. The lowest BCUT2D eigenvalue weighted by atomic mass is 10.1. The van der Waals surface area contributed by atoms with Gasteiger partial charge in [0.1, 0.15) is 5.82 Å². The molecule has 0 saturated heterocycles. The molecule has 2 heterocycles. The fourth-order valence-corrected chi connectivity index (χ4v) is 2.24. The number of hydrogen-bond acceptors (Lipinski definition) is 4. The summed E-state index contributed by atoms with van der Waals surface area (Å²) in [6.07, 6.45) is 4.61. The second-order valence-corrected chi connectivity index (χ2v) is 4.22. The summed E-state index contributed by atoms with van der Waals surface area (Å²) < 4.78 is 0. The van der Waals surface area contributed by atoms with Gasteiger partial charge in [-0.15, -0.1) is 0 Å². The summed E-state index contributed by atoms with van der Waals surface area (Å²) >= 11 is 0. The molecule has 0 saturated carbocycles. The van der Waals surface area contributed by atoms with Gasteiger partial charge in [0.2, 0.25) is 0 Å². The zero-order valence-electron chi connectivity index (χ0n) is 9.50. The van der Waals surface area contributed by atoms with Crippen molar-refractivity contribution in [3.05, 3.63) is 48.0 Å². The summed E-state index contributed by atoms with van der Waals surface area (Å²) in [6, 6.07) is 7.92. The van der Waals surface area contributed by atoms with Crippen LogP contribution in [0.5, 0.6) is 0 Å². The van der Waals surface area contributed by atoms with Gasteiger partial charge in [0, 0.05) is 30.3 Å². The molecule has 0 spiro atoms. The first-order valence-electron chi connectivity index (χ1n) is 5.72. The molecule has 2 N–H and O–H groups in total. The van der Waals surface area contributed by atoms with E-state index in [0.717, 1.165) is 31.0 Å². The van der Waals surface area contributed by atoms with Gasteiger partial charge in [-0.1, -0.05) is 0 Å². The Kier molecular flexibility index (Phi) is 2.40. The molecule has 0 aliphatic carbocycles. The first-order valence-corrected chi connectivity index (χ1v) is 5.72. The smallest absolute Gasteiger partial charge is 0.147 e. The van der Waals surface area contributed by atoms with Gasteiger partial charge in [-0.2, -0.15) is 0 Å². The molecule has 1 aromatic carbocycles. The van der Waals surface area contributed by atoms with Crippen LogP contribution in [0.25, 0.3) is 0 Å². The molecule has 0 unspecified atom stereocenters. The first kappa shape index (κ1) is 10.1. The molecule has 0 bridgehead atoms. The normalized spacial score (nSPS) is 13.8. The molecule has 0 atom stereocenters. The third kappa shape index (κ3) is 1.93. The van der Waals surface area contributed by atoms with Crippen molar-refractivity contribution >= 4 is 11.4 Å². The predicted octanol–water partition coefficient (Wildman–Crippen LogP) is 1.62. The monoisotopic (exact) mass is 226 g/mol. The molecule has 1 aliphatic heterocycles. The van der Waals surface area contributed by atoms with Gasteiger partial charge in [-0.25, -0.2) is 9.97 Å². The molecule has 4 heteroatoms. The summed E-state index contributed by atoms with van der Waals surface area (Å²) in [4.78, 5) is 10.8. The Bertz CT molecular complexity index is 524. The number of fused-ring (bicyclic) bond motifs is 1. The van der Waals surface area contributed by atoms with E-state index in [1.807, 2.05) is 12.1 Å². The van der Waals surface area contributed by atoms with Crippen molar-refractivity contribution in [1.82, 2.24) is 9.97 Å². The van der Waals surface area contributed by atoms with Gasteiger partial charge in [-0.3, -0.25) is 0 Å². The molecule has 0 amide bonds. The maximum Gasteiger partial charge on any atom is 0.147 e. The Hall–Kier alpha value is -2.10. The predicted molar refractivity (Wildman–Crippen MR) is 67.6 cm³/mol. The Balaban J connectivity index is 1.85. The molecule has 3 rings (SSSR count). The first-order chi connectivity index (χ1) is 8.33. The maximum absolute atomic E-state index is 5.79. The van der Waals surface area contributed by atoms with Gasteiger partial charge in [0.05, 0.1) is 6.54 Å². The van der Waals surface area contributed by atoms with Gasteiger partial charge >= 0.3 is 0 Å². The third-order valence-corrected chi connectivity index (χ3v) is 3.05. The highest BCUT2D eigenvalue weighted by Crippen LogP contribution is 2.30. The van der Waals surface area contributed by atoms with E-state index in [1.54, 1.807) is 12.4 Å². The van der Waals surface area contributed by atoms with E-state index >= 15 is 0 Å². The summed E-state index contributed by atoms with van der Waals surface area (Å²) in [7, 11) is 0. The second-order valence-electron chi connectivity index (χ2n) is 4.22. The number of rotatable bonds is 2. The fourth-order valence-electron chi connectivity index (χ4n) is 2.24. The number of nitrogens with zero attached hydrogens (tertiary/aromatic N) is 3. The number of benzene rings is 1. The van der Waals surface area contributed by atoms with Crippen LogP contribution in [-0.2, 0) is 13.0 Å². The van der Waals surface area contributed by atoms with Crippen molar-refractivity contribution < 1.29 is 0 Å². The van der Waals surface area contributed by atoms with Crippen molar-refractivity contribution in [2.75, 3.05) is 17.2 Å². The Labute approximate surface area is 100 Å². The van der Waals surface area contributed by atoms with Crippen molar-refractivity contribution in [2.24, 2.45) is 0 Å². The van der Waals surface area contributed by atoms with E-state index in [2.05, 4.69) is 27.0 Å². The minimum atomic E-state index is 0.762. The van der Waals surface area contributed by atoms with Crippen LogP contribution in [0.3, 0.4) is 0 Å². The average molecular weight is 226 g/mol. The fraction of sp³-hybridized carbons (Fsp3) is 0.231. The molecular formula is C13H14N4. The minimum Gasteiger partial charge on any atom is -0.399 e. The molecule has 0 radical (unpaired) electrons. The minimum absolute atomic E-state index is 0.762. The van der Waals surface area contributed by atoms with E-state index in [4.69, 9.17) is 5.73 Å². The van der Waals surface area contributed by atoms with Crippen LogP contribution >= 0.6 is 0 Å². The van der Waals surface area contributed by atoms with E-state index in [9.17, 15) is 0 Å².